The molecule has 0 radical (unpaired) electrons. The summed E-state index contributed by atoms with van der Waals surface area (Å²) in [7, 11) is 0. The molecule has 66 valence electrons. The topological polar surface area (TPSA) is 9.23 Å². The number of aryl methyl sites for hydroxylation is 1. The highest BCUT2D eigenvalue weighted by molar-refractivity contribution is 14.1. The SMILES string of the molecule is CCOc1c(I)cccc1CC. The van der Waals surface area contributed by atoms with Gasteiger partial charge in [0.25, 0.3) is 0 Å². The maximum Gasteiger partial charge on any atom is 0.135 e. The number of hydrogen-bond donors (Lipinski definition) is 0. The molecule has 0 saturated heterocycles. The van der Waals surface area contributed by atoms with Crippen LogP contribution in [0.4, 0.5) is 0 Å². The Balaban J connectivity index is 3.02. The lowest BCUT2D eigenvalue weighted by atomic mass is 10.1. The van der Waals surface area contributed by atoms with Gasteiger partial charge in [0.2, 0.25) is 0 Å². The average Bonchev–Trinajstić information content (AvgIpc) is 2.09. The normalized spacial score (nSPS) is 9.92. The fraction of sp³-hybridized carbons (Fsp3) is 0.400. The molecule has 0 aliphatic rings. The van der Waals surface area contributed by atoms with Crippen LogP contribution in [0.25, 0.3) is 0 Å². The first-order valence-electron chi connectivity index (χ1n) is 4.19. The number of rotatable bonds is 3. The Labute approximate surface area is 87.3 Å². The Morgan fingerprint density at radius 2 is 2.08 bits per heavy atom. The summed E-state index contributed by atoms with van der Waals surface area (Å²) in [5, 5.41) is 0. The molecule has 0 N–H and O–H groups in total. The molecule has 0 bridgehead atoms. The van der Waals surface area contributed by atoms with E-state index in [1.54, 1.807) is 0 Å². The molecule has 12 heavy (non-hydrogen) atoms. The summed E-state index contributed by atoms with van der Waals surface area (Å²) in [4.78, 5) is 0. The van der Waals surface area contributed by atoms with E-state index in [0.29, 0.717) is 0 Å². The van der Waals surface area contributed by atoms with Crippen LogP contribution in [-0.2, 0) is 6.42 Å². The maximum atomic E-state index is 5.55. The van der Waals surface area contributed by atoms with Crippen LogP contribution in [-0.4, -0.2) is 6.61 Å². The van der Waals surface area contributed by atoms with Gasteiger partial charge in [0.05, 0.1) is 10.2 Å². The number of ether oxygens (including phenoxy) is 1. The Morgan fingerprint density at radius 1 is 1.33 bits per heavy atom. The molecule has 0 fully saturated rings. The predicted octanol–water partition coefficient (Wildman–Crippen LogP) is 3.25. The van der Waals surface area contributed by atoms with Crippen LogP contribution < -0.4 is 4.74 Å². The maximum absolute atomic E-state index is 5.55. The molecule has 1 rings (SSSR count). The third-order valence-corrected chi connectivity index (χ3v) is 2.57. The average molecular weight is 276 g/mol. The van der Waals surface area contributed by atoms with Crippen molar-refractivity contribution in [2.24, 2.45) is 0 Å². The van der Waals surface area contributed by atoms with E-state index in [1.165, 1.54) is 9.13 Å². The van der Waals surface area contributed by atoms with Crippen LogP contribution in [0.5, 0.6) is 5.75 Å². The Kier molecular flexibility index (Phi) is 3.85. The number of benzene rings is 1. The van der Waals surface area contributed by atoms with E-state index in [2.05, 4.69) is 47.7 Å². The minimum absolute atomic E-state index is 0.743. The second-order valence-electron chi connectivity index (χ2n) is 2.51. The zero-order valence-corrected chi connectivity index (χ0v) is 9.59. The van der Waals surface area contributed by atoms with E-state index in [4.69, 9.17) is 4.74 Å². The van der Waals surface area contributed by atoms with E-state index < -0.39 is 0 Å². The van der Waals surface area contributed by atoms with Gasteiger partial charge in [-0.3, -0.25) is 0 Å². The summed E-state index contributed by atoms with van der Waals surface area (Å²) in [6, 6.07) is 6.26. The van der Waals surface area contributed by atoms with Gasteiger partial charge in [-0.15, -0.1) is 0 Å². The zero-order chi connectivity index (χ0) is 8.97. The second-order valence-corrected chi connectivity index (χ2v) is 3.68. The molecule has 0 atom stereocenters. The molecule has 1 aromatic carbocycles. The third-order valence-electron chi connectivity index (χ3n) is 1.72. The molecule has 0 unspecified atom stereocenters. The van der Waals surface area contributed by atoms with E-state index in [0.717, 1.165) is 18.8 Å². The summed E-state index contributed by atoms with van der Waals surface area (Å²) < 4.78 is 6.75. The van der Waals surface area contributed by atoms with Gasteiger partial charge in [-0.25, -0.2) is 0 Å². The fourth-order valence-electron chi connectivity index (χ4n) is 1.14. The lowest BCUT2D eigenvalue weighted by Crippen LogP contribution is -1.97. The summed E-state index contributed by atoms with van der Waals surface area (Å²) in [6.45, 7) is 4.91. The van der Waals surface area contributed by atoms with Crippen molar-refractivity contribution in [2.45, 2.75) is 20.3 Å². The molecular weight excluding hydrogens is 263 g/mol. The van der Waals surface area contributed by atoms with Gasteiger partial charge in [-0.1, -0.05) is 19.1 Å². The second kappa shape index (κ2) is 4.70. The van der Waals surface area contributed by atoms with Crippen molar-refractivity contribution >= 4 is 22.6 Å². The first-order chi connectivity index (χ1) is 5.79. The summed E-state index contributed by atoms with van der Waals surface area (Å²) in [6.07, 6.45) is 1.03. The molecule has 1 nitrogen and oxygen atoms in total. The van der Waals surface area contributed by atoms with Crippen molar-refractivity contribution in [1.82, 2.24) is 0 Å². The lowest BCUT2D eigenvalue weighted by Gasteiger charge is -2.09. The van der Waals surface area contributed by atoms with E-state index in [1.807, 2.05) is 6.92 Å². The first kappa shape index (κ1) is 9.84. The van der Waals surface area contributed by atoms with E-state index >= 15 is 0 Å². The first-order valence-corrected chi connectivity index (χ1v) is 5.27. The van der Waals surface area contributed by atoms with Gasteiger partial charge >= 0.3 is 0 Å². The van der Waals surface area contributed by atoms with Crippen LogP contribution >= 0.6 is 22.6 Å². The fourth-order valence-corrected chi connectivity index (χ4v) is 1.85. The number of hydrogen-bond acceptors (Lipinski definition) is 1. The highest BCUT2D eigenvalue weighted by atomic mass is 127. The van der Waals surface area contributed by atoms with Crippen LogP contribution in [0.15, 0.2) is 18.2 Å². The molecule has 1 aromatic rings. The Bertz CT molecular complexity index is 258. The van der Waals surface area contributed by atoms with Crippen molar-refractivity contribution in [2.75, 3.05) is 6.61 Å². The minimum atomic E-state index is 0.743. The van der Waals surface area contributed by atoms with Gasteiger partial charge in [0.15, 0.2) is 0 Å². The standard InChI is InChI=1S/C10H13IO/c1-3-8-6-5-7-9(11)10(8)12-4-2/h5-7H,3-4H2,1-2H3. The molecule has 0 aromatic heterocycles. The quantitative estimate of drug-likeness (QED) is 0.770. The molecule has 0 aliphatic heterocycles. The van der Waals surface area contributed by atoms with Crippen molar-refractivity contribution in [3.05, 3.63) is 27.3 Å². The van der Waals surface area contributed by atoms with Gasteiger partial charge in [-0.05, 0) is 47.6 Å². The van der Waals surface area contributed by atoms with Crippen LogP contribution in [0.3, 0.4) is 0 Å². The third kappa shape index (κ3) is 2.12. The van der Waals surface area contributed by atoms with Gasteiger partial charge in [0, 0.05) is 0 Å². The predicted molar refractivity (Wildman–Crippen MR) is 59.7 cm³/mol. The van der Waals surface area contributed by atoms with Crippen molar-refractivity contribution in [1.29, 1.82) is 0 Å². The molecule has 0 saturated carbocycles. The molecule has 0 aliphatic carbocycles. The zero-order valence-electron chi connectivity index (χ0n) is 7.43. The van der Waals surface area contributed by atoms with Gasteiger partial charge in [-0.2, -0.15) is 0 Å². The summed E-state index contributed by atoms with van der Waals surface area (Å²) in [5.41, 5.74) is 1.30. The smallest absolute Gasteiger partial charge is 0.135 e. The van der Waals surface area contributed by atoms with Crippen molar-refractivity contribution in [3.8, 4) is 5.75 Å². The molecule has 0 amide bonds. The minimum Gasteiger partial charge on any atom is -0.492 e. The van der Waals surface area contributed by atoms with E-state index in [9.17, 15) is 0 Å². The van der Waals surface area contributed by atoms with Gasteiger partial charge < -0.3 is 4.74 Å². The molecule has 0 heterocycles. The Morgan fingerprint density at radius 3 is 2.67 bits per heavy atom. The van der Waals surface area contributed by atoms with E-state index in [-0.39, 0.29) is 0 Å². The summed E-state index contributed by atoms with van der Waals surface area (Å²) >= 11 is 2.31. The van der Waals surface area contributed by atoms with Crippen LogP contribution in [0, 0.1) is 3.57 Å². The molecule has 2 heteroatoms. The van der Waals surface area contributed by atoms with Crippen molar-refractivity contribution < 1.29 is 4.74 Å². The largest absolute Gasteiger partial charge is 0.492 e. The number of halogens is 1. The Hall–Kier alpha value is -0.250. The highest BCUT2D eigenvalue weighted by Gasteiger charge is 2.04. The van der Waals surface area contributed by atoms with Crippen LogP contribution in [0.1, 0.15) is 19.4 Å². The van der Waals surface area contributed by atoms with Gasteiger partial charge in [0.1, 0.15) is 5.75 Å². The molecule has 0 spiro atoms. The monoisotopic (exact) mass is 276 g/mol. The summed E-state index contributed by atoms with van der Waals surface area (Å²) in [5.74, 6) is 1.06. The number of para-hydroxylation sites is 1. The van der Waals surface area contributed by atoms with Crippen LogP contribution in [0.2, 0.25) is 0 Å². The highest BCUT2D eigenvalue weighted by Crippen LogP contribution is 2.25. The molecular formula is C10H13IO. The lowest BCUT2D eigenvalue weighted by molar-refractivity contribution is 0.334. The van der Waals surface area contributed by atoms with Crippen molar-refractivity contribution in [3.63, 3.8) is 0 Å².